The van der Waals surface area contributed by atoms with Crippen LogP contribution in [0.1, 0.15) is 16.8 Å². The number of aliphatic hydroxyl groups excluding tert-OH is 1. The number of hydrogen-bond donors (Lipinski definition) is 1. The van der Waals surface area contributed by atoms with Crippen LogP contribution in [0.3, 0.4) is 0 Å². The first-order valence-electron chi connectivity index (χ1n) is 5.69. The number of benzene rings is 1. The number of amides is 1. The number of likely N-dealkylation sites (tertiary alicyclic amines) is 1. The van der Waals surface area contributed by atoms with E-state index >= 15 is 0 Å². The molecule has 1 aliphatic heterocycles. The van der Waals surface area contributed by atoms with Crippen LogP contribution in [0.25, 0.3) is 10.1 Å². The van der Waals surface area contributed by atoms with E-state index in [0.29, 0.717) is 19.5 Å². The SMILES string of the molecule is O=C(c1csc2ccccc12)N1CCC(O)C1. The van der Waals surface area contributed by atoms with Gasteiger partial charge < -0.3 is 10.0 Å². The highest BCUT2D eigenvalue weighted by atomic mass is 32.1. The average Bonchev–Trinajstić information content (AvgIpc) is 2.94. The van der Waals surface area contributed by atoms with E-state index in [1.807, 2.05) is 29.6 Å². The summed E-state index contributed by atoms with van der Waals surface area (Å²) in [7, 11) is 0. The van der Waals surface area contributed by atoms with Crippen LogP contribution in [0.5, 0.6) is 0 Å². The van der Waals surface area contributed by atoms with Crippen molar-refractivity contribution < 1.29 is 9.90 Å². The minimum Gasteiger partial charge on any atom is -0.391 e. The fourth-order valence-electron chi connectivity index (χ4n) is 2.24. The second kappa shape index (κ2) is 4.13. The van der Waals surface area contributed by atoms with E-state index in [1.165, 1.54) is 0 Å². The molecule has 0 radical (unpaired) electrons. The molecule has 1 aromatic heterocycles. The zero-order valence-electron chi connectivity index (χ0n) is 9.30. The Bertz CT molecular complexity index is 563. The Labute approximate surface area is 103 Å². The fraction of sp³-hybridized carbons (Fsp3) is 0.308. The normalized spacial score (nSPS) is 20.1. The van der Waals surface area contributed by atoms with Gasteiger partial charge >= 0.3 is 0 Å². The minimum absolute atomic E-state index is 0.0407. The average molecular weight is 247 g/mol. The summed E-state index contributed by atoms with van der Waals surface area (Å²) >= 11 is 1.59. The molecule has 1 atom stereocenters. The van der Waals surface area contributed by atoms with Crippen LogP contribution in [-0.4, -0.2) is 35.1 Å². The Hall–Kier alpha value is -1.39. The van der Waals surface area contributed by atoms with Crippen molar-refractivity contribution in [2.45, 2.75) is 12.5 Å². The lowest BCUT2D eigenvalue weighted by atomic mass is 10.1. The number of carbonyl (C=O) groups is 1. The Balaban J connectivity index is 1.96. The third kappa shape index (κ3) is 1.83. The van der Waals surface area contributed by atoms with Crippen molar-refractivity contribution >= 4 is 27.3 Å². The molecule has 1 saturated heterocycles. The standard InChI is InChI=1S/C13H13NO2S/c15-9-5-6-14(7-9)13(16)11-8-17-12-4-2-1-3-10(11)12/h1-4,8-9,15H,5-7H2. The second-order valence-electron chi connectivity index (χ2n) is 4.34. The van der Waals surface area contributed by atoms with Gasteiger partial charge in [-0.2, -0.15) is 0 Å². The number of fused-ring (bicyclic) bond motifs is 1. The molecular weight excluding hydrogens is 234 g/mol. The van der Waals surface area contributed by atoms with E-state index in [2.05, 4.69) is 0 Å². The predicted octanol–water partition coefficient (Wildman–Crippen LogP) is 2.11. The molecule has 1 amide bonds. The topological polar surface area (TPSA) is 40.5 Å². The van der Waals surface area contributed by atoms with Gasteiger partial charge in [0.15, 0.2) is 0 Å². The largest absolute Gasteiger partial charge is 0.391 e. The molecule has 1 aliphatic rings. The molecule has 0 aliphatic carbocycles. The van der Waals surface area contributed by atoms with E-state index in [9.17, 15) is 9.90 Å². The van der Waals surface area contributed by atoms with Crippen LogP contribution in [-0.2, 0) is 0 Å². The summed E-state index contributed by atoms with van der Waals surface area (Å²) in [6.45, 7) is 1.12. The Kier molecular flexibility index (Phi) is 2.61. The lowest BCUT2D eigenvalue weighted by Gasteiger charge is -2.14. The Morgan fingerprint density at radius 2 is 2.24 bits per heavy atom. The first-order chi connectivity index (χ1) is 8.25. The summed E-state index contributed by atoms with van der Waals surface area (Å²) < 4.78 is 1.13. The maximum absolute atomic E-state index is 12.3. The molecule has 0 spiro atoms. The van der Waals surface area contributed by atoms with E-state index in [0.717, 1.165) is 15.6 Å². The molecular formula is C13H13NO2S. The predicted molar refractivity (Wildman–Crippen MR) is 68.4 cm³/mol. The van der Waals surface area contributed by atoms with Crippen molar-refractivity contribution in [1.29, 1.82) is 0 Å². The highest BCUT2D eigenvalue weighted by Crippen LogP contribution is 2.27. The molecule has 0 saturated carbocycles. The molecule has 1 unspecified atom stereocenters. The summed E-state index contributed by atoms with van der Waals surface area (Å²) in [6.07, 6.45) is 0.331. The number of carbonyl (C=O) groups excluding carboxylic acids is 1. The summed E-state index contributed by atoms with van der Waals surface area (Å²) in [4.78, 5) is 14.0. The smallest absolute Gasteiger partial charge is 0.255 e. The summed E-state index contributed by atoms with van der Waals surface area (Å²) in [6, 6.07) is 7.93. The van der Waals surface area contributed by atoms with Gasteiger partial charge in [-0.3, -0.25) is 4.79 Å². The van der Waals surface area contributed by atoms with Crippen molar-refractivity contribution in [2.75, 3.05) is 13.1 Å². The monoisotopic (exact) mass is 247 g/mol. The summed E-state index contributed by atoms with van der Waals surface area (Å²) in [5.74, 6) is 0.0407. The molecule has 17 heavy (non-hydrogen) atoms. The number of thiophene rings is 1. The van der Waals surface area contributed by atoms with Gasteiger partial charge in [0, 0.05) is 28.6 Å². The summed E-state index contributed by atoms with van der Waals surface area (Å²) in [5.41, 5.74) is 0.764. The Morgan fingerprint density at radius 3 is 3.00 bits per heavy atom. The highest BCUT2D eigenvalue weighted by molar-refractivity contribution is 7.17. The van der Waals surface area contributed by atoms with E-state index in [4.69, 9.17) is 0 Å². The van der Waals surface area contributed by atoms with Gasteiger partial charge in [-0.05, 0) is 12.5 Å². The van der Waals surface area contributed by atoms with Crippen LogP contribution in [0, 0.1) is 0 Å². The van der Waals surface area contributed by atoms with Gasteiger partial charge in [0.1, 0.15) is 0 Å². The molecule has 0 bridgehead atoms. The van der Waals surface area contributed by atoms with Crippen molar-refractivity contribution in [3.8, 4) is 0 Å². The molecule has 88 valence electrons. The number of hydrogen-bond acceptors (Lipinski definition) is 3. The van der Waals surface area contributed by atoms with Gasteiger partial charge in [0.25, 0.3) is 5.91 Å². The van der Waals surface area contributed by atoms with Crippen molar-refractivity contribution in [2.24, 2.45) is 0 Å². The Morgan fingerprint density at radius 1 is 1.41 bits per heavy atom. The number of nitrogens with zero attached hydrogens (tertiary/aromatic N) is 1. The molecule has 1 fully saturated rings. The molecule has 3 rings (SSSR count). The zero-order chi connectivity index (χ0) is 11.8. The maximum atomic E-state index is 12.3. The molecule has 2 heterocycles. The quantitative estimate of drug-likeness (QED) is 0.838. The van der Waals surface area contributed by atoms with Crippen LogP contribution in [0.2, 0.25) is 0 Å². The van der Waals surface area contributed by atoms with Crippen molar-refractivity contribution in [3.63, 3.8) is 0 Å². The summed E-state index contributed by atoms with van der Waals surface area (Å²) in [5, 5.41) is 12.4. The van der Waals surface area contributed by atoms with Gasteiger partial charge in [-0.25, -0.2) is 0 Å². The lowest BCUT2D eigenvalue weighted by Crippen LogP contribution is -2.29. The van der Waals surface area contributed by atoms with Crippen molar-refractivity contribution in [1.82, 2.24) is 4.90 Å². The molecule has 2 aromatic rings. The first kappa shape index (κ1) is 10.7. The molecule has 3 nitrogen and oxygen atoms in total. The lowest BCUT2D eigenvalue weighted by molar-refractivity contribution is 0.0767. The third-order valence-corrected chi connectivity index (χ3v) is 4.13. The second-order valence-corrected chi connectivity index (χ2v) is 5.25. The van der Waals surface area contributed by atoms with Gasteiger partial charge in [0.05, 0.1) is 11.7 Å². The van der Waals surface area contributed by atoms with Gasteiger partial charge in [-0.15, -0.1) is 11.3 Å². The number of aliphatic hydroxyl groups is 1. The highest BCUT2D eigenvalue weighted by Gasteiger charge is 2.26. The molecule has 1 aromatic carbocycles. The third-order valence-electron chi connectivity index (χ3n) is 3.16. The maximum Gasteiger partial charge on any atom is 0.255 e. The fourth-order valence-corrected chi connectivity index (χ4v) is 3.17. The molecule has 1 N–H and O–H groups in total. The minimum atomic E-state index is -0.358. The van der Waals surface area contributed by atoms with Gasteiger partial charge in [-0.1, -0.05) is 18.2 Å². The zero-order valence-corrected chi connectivity index (χ0v) is 10.1. The van der Waals surface area contributed by atoms with Crippen LogP contribution < -0.4 is 0 Å². The van der Waals surface area contributed by atoms with E-state index in [-0.39, 0.29) is 12.0 Å². The number of rotatable bonds is 1. The van der Waals surface area contributed by atoms with Crippen LogP contribution in [0.15, 0.2) is 29.6 Å². The van der Waals surface area contributed by atoms with Crippen LogP contribution >= 0.6 is 11.3 Å². The van der Waals surface area contributed by atoms with Gasteiger partial charge in [0.2, 0.25) is 0 Å². The number of β-amino-alcohol motifs (C(OH)–C–C–N with tert-alkyl or cyclic N) is 1. The van der Waals surface area contributed by atoms with Crippen LogP contribution in [0.4, 0.5) is 0 Å². The van der Waals surface area contributed by atoms with E-state index in [1.54, 1.807) is 16.2 Å². The molecule has 4 heteroatoms. The van der Waals surface area contributed by atoms with Crippen molar-refractivity contribution in [3.05, 3.63) is 35.2 Å². The van der Waals surface area contributed by atoms with E-state index < -0.39 is 0 Å². The first-order valence-corrected chi connectivity index (χ1v) is 6.57.